The first-order chi connectivity index (χ1) is 8.70. The van der Waals surface area contributed by atoms with E-state index in [0.29, 0.717) is 12.1 Å². The van der Waals surface area contributed by atoms with Crippen LogP contribution in [0.4, 0.5) is 8.78 Å². The fourth-order valence-electron chi connectivity index (χ4n) is 1.90. The largest absolute Gasteiger partial charge is 0.306 e. The molecule has 1 atom stereocenters. The van der Waals surface area contributed by atoms with Gasteiger partial charge < -0.3 is 5.32 Å². The molecule has 1 unspecified atom stereocenters. The van der Waals surface area contributed by atoms with Gasteiger partial charge in [0.2, 0.25) is 0 Å². The summed E-state index contributed by atoms with van der Waals surface area (Å²) in [6.07, 6.45) is 2.74. The molecule has 1 aromatic carbocycles. The summed E-state index contributed by atoms with van der Waals surface area (Å²) in [6, 6.07) is 7.43. The monoisotopic (exact) mass is 248 g/mol. The molecule has 0 saturated heterocycles. The number of pyridine rings is 1. The summed E-state index contributed by atoms with van der Waals surface area (Å²) in [4.78, 5) is 3.83. The Kier molecular flexibility index (Phi) is 3.99. The van der Waals surface area contributed by atoms with E-state index in [2.05, 4.69) is 10.3 Å². The summed E-state index contributed by atoms with van der Waals surface area (Å²) in [6.45, 7) is 2.64. The van der Waals surface area contributed by atoms with Gasteiger partial charge in [-0.25, -0.2) is 8.78 Å². The van der Waals surface area contributed by atoms with E-state index in [1.807, 2.05) is 6.92 Å². The molecule has 2 aromatic rings. The van der Waals surface area contributed by atoms with Crippen molar-refractivity contribution in [3.8, 4) is 0 Å². The molecule has 0 amide bonds. The highest BCUT2D eigenvalue weighted by atomic mass is 19.1. The Morgan fingerprint density at radius 1 is 1.11 bits per heavy atom. The SMILES string of the molecule is CCNC(c1cccc(F)c1)c1cncc(F)c1. The highest BCUT2D eigenvalue weighted by molar-refractivity contribution is 5.30. The van der Waals surface area contributed by atoms with E-state index in [-0.39, 0.29) is 11.9 Å². The van der Waals surface area contributed by atoms with Gasteiger partial charge in [0, 0.05) is 6.20 Å². The molecular formula is C14H14F2N2. The first kappa shape index (κ1) is 12.6. The molecule has 18 heavy (non-hydrogen) atoms. The Morgan fingerprint density at radius 3 is 2.56 bits per heavy atom. The van der Waals surface area contributed by atoms with Crippen LogP contribution in [0.25, 0.3) is 0 Å². The van der Waals surface area contributed by atoms with E-state index in [9.17, 15) is 8.78 Å². The van der Waals surface area contributed by atoms with Crippen LogP contribution in [0.2, 0.25) is 0 Å². The molecule has 0 aliphatic heterocycles. The average molecular weight is 248 g/mol. The summed E-state index contributed by atoms with van der Waals surface area (Å²) < 4.78 is 26.4. The van der Waals surface area contributed by atoms with Gasteiger partial charge in [-0.15, -0.1) is 0 Å². The van der Waals surface area contributed by atoms with Crippen molar-refractivity contribution in [2.75, 3.05) is 6.54 Å². The van der Waals surface area contributed by atoms with Crippen LogP contribution < -0.4 is 5.32 Å². The maximum Gasteiger partial charge on any atom is 0.141 e. The zero-order valence-electron chi connectivity index (χ0n) is 10.0. The van der Waals surface area contributed by atoms with Gasteiger partial charge in [0.25, 0.3) is 0 Å². The van der Waals surface area contributed by atoms with Gasteiger partial charge >= 0.3 is 0 Å². The van der Waals surface area contributed by atoms with Crippen LogP contribution in [0.3, 0.4) is 0 Å². The summed E-state index contributed by atoms with van der Waals surface area (Å²) in [5.74, 6) is -0.702. The predicted molar refractivity (Wildman–Crippen MR) is 66.1 cm³/mol. The Labute approximate surface area is 105 Å². The van der Waals surface area contributed by atoms with Crippen molar-refractivity contribution >= 4 is 0 Å². The fourth-order valence-corrected chi connectivity index (χ4v) is 1.90. The summed E-state index contributed by atoms with van der Waals surface area (Å²) in [5.41, 5.74) is 1.44. The summed E-state index contributed by atoms with van der Waals surface area (Å²) in [5, 5.41) is 3.20. The fraction of sp³-hybridized carbons (Fsp3) is 0.214. The highest BCUT2D eigenvalue weighted by Gasteiger charge is 2.14. The number of nitrogens with one attached hydrogen (secondary N) is 1. The van der Waals surface area contributed by atoms with E-state index in [4.69, 9.17) is 0 Å². The number of aromatic nitrogens is 1. The maximum absolute atomic E-state index is 13.2. The Bertz CT molecular complexity index is 483. The third kappa shape index (κ3) is 2.90. The molecule has 4 heteroatoms. The van der Waals surface area contributed by atoms with Crippen LogP contribution in [0.1, 0.15) is 24.1 Å². The molecule has 1 heterocycles. The van der Waals surface area contributed by atoms with Gasteiger partial charge in [0.05, 0.1) is 12.2 Å². The molecule has 0 aliphatic carbocycles. The standard InChI is InChI=1S/C14H14F2N2/c1-2-18-14(10-4-3-5-12(15)6-10)11-7-13(16)9-17-8-11/h3-9,14,18H,2H2,1H3. The Morgan fingerprint density at radius 2 is 1.89 bits per heavy atom. The van der Waals surface area contributed by atoms with Gasteiger partial charge in [0.15, 0.2) is 0 Å². The number of hydrogen-bond acceptors (Lipinski definition) is 2. The zero-order valence-corrected chi connectivity index (χ0v) is 10.0. The molecular weight excluding hydrogens is 234 g/mol. The second kappa shape index (κ2) is 5.69. The second-order valence-corrected chi connectivity index (χ2v) is 3.98. The molecule has 2 rings (SSSR count). The maximum atomic E-state index is 13.2. The van der Waals surface area contributed by atoms with Crippen LogP contribution >= 0.6 is 0 Å². The minimum atomic E-state index is -0.396. The Hall–Kier alpha value is -1.81. The lowest BCUT2D eigenvalue weighted by molar-refractivity contribution is 0.588. The third-order valence-corrected chi connectivity index (χ3v) is 2.65. The van der Waals surface area contributed by atoms with Gasteiger partial charge in [-0.3, -0.25) is 4.98 Å². The smallest absolute Gasteiger partial charge is 0.141 e. The second-order valence-electron chi connectivity index (χ2n) is 3.98. The van der Waals surface area contributed by atoms with Gasteiger partial charge in [0.1, 0.15) is 11.6 Å². The minimum Gasteiger partial charge on any atom is -0.306 e. The number of benzene rings is 1. The highest BCUT2D eigenvalue weighted by Crippen LogP contribution is 2.22. The normalized spacial score (nSPS) is 12.4. The van der Waals surface area contributed by atoms with E-state index in [1.54, 1.807) is 18.3 Å². The van der Waals surface area contributed by atoms with Gasteiger partial charge in [-0.05, 0) is 35.9 Å². The van der Waals surface area contributed by atoms with E-state index in [1.165, 1.54) is 18.2 Å². The lowest BCUT2D eigenvalue weighted by Crippen LogP contribution is -2.22. The number of halogens is 2. The van der Waals surface area contributed by atoms with Crippen molar-refractivity contribution in [2.45, 2.75) is 13.0 Å². The first-order valence-electron chi connectivity index (χ1n) is 5.80. The number of rotatable bonds is 4. The van der Waals surface area contributed by atoms with E-state index < -0.39 is 5.82 Å². The van der Waals surface area contributed by atoms with Crippen molar-refractivity contribution in [2.24, 2.45) is 0 Å². The molecule has 1 N–H and O–H groups in total. The van der Waals surface area contributed by atoms with Crippen LogP contribution in [-0.2, 0) is 0 Å². The zero-order chi connectivity index (χ0) is 13.0. The lowest BCUT2D eigenvalue weighted by atomic mass is 10.00. The van der Waals surface area contributed by atoms with E-state index >= 15 is 0 Å². The van der Waals surface area contributed by atoms with E-state index in [0.717, 1.165) is 11.8 Å². The molecule has 0 spiro atoms. The van der Waals surface area contributed by atoms with Gasteiger partial charge in [-0.2, -0.15) is 0 Å². The van der Waals surface area contributed by atoms with Gasteiger partial charge in [-0.1, -0.05) is 19.1 Å². The summed E-state index contributed by atoms with van der Waals surface area (Å²) in [7, 11) is 0. The lowest BCUT2D eigenvalue weighted by Gasteiger charge is -2.18. The molecule has 0 aliphatic rings. The first-order valence-corrected chi connectivity index (χ1v) is 5.80. The van der Waals surface area contributed by atoms with Crippen molar-refractivity contribution in [1.29, 1.82) is 0 Å². The Balaban J connectivity index is 2.39. The van der Waals surface area contributed by atoms with Crippen molar-refractivity contribution in [3.63, 3.8) is 0 Å². The molecule has 1 aromatic heterocycles. The van der Waals surface area contributed by atoms with Crippen molar-refractivity contribution in [1.82, 2.24) is 10.3 Å². The molecule has 94 valence electrons. The van der Waals surface area contributed by atoms with Crippen LogP contribution in [0, 0.1) is 11.6 Å². The molecule has 0 fully saturated rings. The van der Waals surface area contributed by atoms with Crippen molar-refractivity contribution in [3.05, 3.63) is 65.5 Å². The van der Waals surface area contributed by atoms with Crippen LogP contribution in [-0.4, -0.2) is 11.5 Å². The molecule has 0 saturated carbocycles. The van der Waals surface area contributed by atoms with Crippen LogP contribution in [0.5, 0.6) is 0 Å². The topological polar surface area (TPSA) is 24.9 Å². The average Bonchev–Trinajstić information content (AvgIpc) is 2.36. The predicted octanol–water partition coefficient (Wildman–Crippen LogP) is 3.06. The minimum absolute atomic E-state index is 0.256. The summed E-state index contributed by atoms with van der Waals surface area (Å²) >= 11 is 0. The van der Waals surface area contributed by atoms with Crippen molar-refractivity contribution < 1.29 is 8.78 Å². The molecule has 0 radical (unpaired) electrons. The molecule has 2 nitrogen and oxygen atoms in total. The number of hydrogen-bond donors (Lipinski definition) is 1. The number of nitrogens with zero attached hydrogens (tertiary/aromatic N) is 1. The quantitative estimate of drug-likeness (QED) is 0.899. The third-order valence-electron chi connectivity index (χ3n) is 2.65. The molecule has 0 bridgehead atoms. The van der Waals surface area contributed by atoms with Crippen LogP contribution in [0.15, 0.2) is 42.7 Å².